The molecule has 0 saturated carbocycles. The third-order valence-corrected chi connectivity index (χ3v) is 3.53. The van der Waals surface area contributed by atoms with Crippen molar-refractivity contribution in [1.29, 1.82) is 5.26 Å². The highest BCUT2D eigenvalue weighted by Crippen LogP contribution is 2.43. The lowest BCUT2D eigenvalue weighted by Gasteiger charge is -2.17. The zero-order chi connectivity index (χ0) is 13.2. The van der Waals surface area contributed by atoms with Crippen molar-refractivity contribution >= 4 is 28.8 Å². The van der Waals surface area contributed by atoms with Crippen molar-refractivity contribution in [2.75, 3.05) is 13.3 Å². The first kappa shape index (κ1) is 13.2. The van der Waals surface area contributed by atoms with E-state index in [2.05, 4.69) is 6.07 Å². The van der Waals surface area contributed by atoms with Gasteiger partial charge in [0, 0.05) is 0 Å². The first-order valence-electron chi connectivity index (χ1n) is 5.61. The molecule has 0 aromatic heterocycles. The minimum atomic E-state index is -1.85. The molecule has 0 aliphatic rings. The second-order valence-electron chi connectivity index (χ2n) is 4.47. The molecule has 2 aromatic carbocycles. The lowest BCUT2D eigenvalue weighted by Crippen LogP contribution is -1.99. The Kier molecular flexibility index (Phi) is 3.82. The summed E-state index contributed by atoms with van der Waals surface area (Å²) in [5.74, 6) is 0. The summed E-state index contributed by atoms with van der Waals surface area (Å²) >= 11 is 5.26. The molecular formula is C14H14NOPS. The van der Waals surface area contributed by atoms with Gasteiger partial charge in [0.1, 0.15) is 0 Å². The molecule has 0 aliphatic heterocycles. The summed E-state index contributed by atoms with van der Waals surface area (Å²) in [6, 6.07) is 16.2. The van der Waals surface area contributed by atoms with Crippen molar-refractivity contribution < 1.29 is 4.52 Å². The van der Waals surface area contributed by atoms with Crippen LogP contribution in [-0.2, 0) is 16.3 Å². The first-order valence-corrected chi connectivity index (χ1v) is 9.23. The monoisotopic (exact) mass is 275 g/mol. The second-order valence-corrected chi connectivity index (χ2v) is 9.83. The van der Waals surface area contributed by atoms with E-state index in [-0.39, 0.29) is 0 Å². The molecule has 0 heterocycles. The number of benzene rings is 2. The predicted molar refractivity (Wildman–Crippen MR) is 79.5 cm³/mol. The van der Waals surface area contributed by atoms with Crippen molar-refractivity contribution in [3.05, 3.63) is 48.0 Å². The molecule has 2 rings (SSSR count). The molecule has 1 atom stereocenters. The minimum Gasteiger partial charge on any atom is -0.328 e. The fourth-order valence-corrected chi connectivity index (χ4v) is 2.72. The maximum absolute atomic E-state index is 9.21. The largest absolute Gasteiger partial charge is 0.328 e. The molecule has 18 heavy (non-hydrogen) atoms. The van der Waals surface area contributed by atoms with Gasteiger partial charge in [0.2, 0.25) is 0 Å². The summed E-state index contributed by atoms with van der Waals surface area (Å²) in [6.07, 6.45) is -2.43. The van der Waals surface area contributed by atoms with Gasteiger partial charge in [-0.2, -0.15) is 5.26 Å². The maximum Gasteiger partial charge on any atom is 0.174 e. The number of nitriles is 1. The van der Waals surface area contributed by atoms with Gasteiger partial charge in [0.25, 0.3) is 0 Å². The highest BCUT2D eigenvalue weighted by molar-refractivity contribution is 8.11. The van der Waals surface area contributed by atoms with Gasteiger partial charge in [0.05, 0.1) is 12.3 Å². The van der Waals surface area contributed by atoms with Gasteiger partial charge in [-0.15, -0.1) is 0 Å². The molecule has 0 bridgehead atoms. The van der Waals surface area contributed by atoms with Gasteiger partial charge >= 0.3 is 0 Å². The molecule has 0 fully saturated rings. The van der Waals surface area contributed by atoms with E-state index in [0.717, 1.165) is 16.3 Å². The zero-order valence-electron chi connectivity index (χ0n) is 10.3. The predicted octanol–water partition coefficient (Wildman–Crippen LogP) is 4.08. The summed E-state index contributed by atoms with van der Waals surface area (Å²) in [6.45, 7) is 3.77. The van der Waals surface area contributed by atoms with Crippen LogP contribution in [0.3, 0.4) is 0 Å². The van der Waals surface area contributed by atoms with Crippen LogP contribution in [0.1, 0.15) is 11.7 Å². The van der Waals surface area contributed by atoms with Gasteiger partial charge in [-0.1, -0.05) is 48.2 Å². The van der Waals surface area contributed by atoms with E-state index in [0.29, 0.717) is 0 Å². The quantitative estimate of drug-likeness (QED) is 0.791. The van der Waals surface area contributed by atoms with Crippen molar-refractivity contribution in [3.63, 3.8) is 0 Å². The van der Waals surface area contributed by atoms with E-state index >= 15 is 0 Å². The van der Waals surface area contributed by atoms with Crippen LogP contribution < -0.4 is 0 Å². The topological polar surface area (TPSA) is 33.0 Å². The summed E-state index contributed by atoms with van der Waals surface area (Å²) in [5, 5.41) is 11.5. The highest BCUT2D eigenvalue weighted by atomic mass is 32.4. The molecule has 1 unspecified atom stereocenters. The molecule has 0 saturated heterocycles. The number of rotatable bonds is 3. The number of hydrogen-bond donors (Lipinski definition) is 0. The Morgan fingerprint density at radius 2 is 1.83 bits per heavy atom. The van der Waals surface area contributed by atoms with Gasteiger partial charge in [-0.25, -0.2) is 0 Å². The molecule has 2 aromatic rings. The summed E-state index contributed by atoms with van der Waals surface area (Å²) in [4.78, 5) is 0. The Balaban J connectivity index is 2.40. The molecule has 2 nitrogen and oxygen atoms in total. The van der Waals surface area contributed by atoms with Crippen LogP contribution in [0.15, 0.2) is 42.5 Å². The summed E-state index contributed by atoms with van der Waals surface area (Å²) in [5.41, 5.74) is 0.870. The molecule has 0 N–H and O–H groups in total. The van der Waals surface area contributed by atoms with Crippen LogP contribution in [0.4, 0.5) is 0 Å². The van der Waals surface area contributed by atoms with Gasteiger partial charge < -0.3 is 4.52 Å². The number of fused-ring (bicyclic) bond motifs is 1. The molecular weight excluding hydrogens is 261 g/mol. The zero-order valence-corrected chi connectivity index (χ0v) is 12.0. The Morgan fingerprint density at radius 3 is 2.44 bits per heavy atom. The van der Waals surface area contributed by atoms with Crippen LogP contribution >= 0.6 is 6.26 Å². The molecule has 92 valence electrons. The van der Waals surface area contributed by atoms with Gasteiger partial charge in [0.15, 0.2) is 6.10 Å². The van der Waals surface area contributed by atoms with E-state index in [9.17, 15) is 5.26 Å². The Morgan fingerprint density at radius 1 is 1.17 bits per heavy atom. The van der Waals surface area contributed by atoms with E-state index in [1.165, 1.54) is 0 Å². The van der Waals surface area contributed by atoms with Crippen molar-refractivity contribution in [2.45, 2.75) is 6.10 Å². The first-order chi connectivity index (χ1) is 8.49. The van der Waals surface area contributed by atoms with Crippen molar-refractivity contribution in [3.8, 4) is 6.07 Å². The van der Waals surface area contributed by atoms with E-state index in [1.807, 2.05) is 55.8 Å². The Labute approximate surface area is 112 Å². The molecule has 0 radical (unpaired) electrons. The fourth-order valence-electron chi connectivity index (χ4n) is 1.78. The average molecular weight is 275 g/mol. The van der Waals surface area contributed by atoms with Crippen LogP contribution in [-0.4, -0.2) is 13.3 Å². The van der Waals surface area contributed by atoms with Crippen LogP contribution in [0, 0.1) is 11.3 Å². The third kappa shape index (κ3) is 3.17. The average Bonchev–Trinajstić information content (AvgIpc) is 2.34. The molecule has 0 amide bonds. The summed E-state index contributed by atoms with van der Waals surface area (Å²) < 4.78 is 5.69. The Hall–Kier alpha value is -1.20. The Bertz CT molecular complexity index is 656. The normalized spacial score (nSPS) is 13.2. The highest BCUT2D eigenvalue weighted by Gasteiger charge is 2.16. The summed E-state index contributed by atoms with van der Waals surface area (Å²) in [7, 11) is 0. The molecule has 4 heteroatoms. The van der Waals surface area contributed by atoms with Crippen LogP contribution in [0.5, 0.6) is 0 Å². The third-order valence-electron chi connectivity index (χ3n) is 2.55. The van der Waals surface area contributed by atoms with E-state index in [1.54, 1.807) is 0 Å². The van der Waals surface area contributed by atoms with Crippen LogP contribution in [0.25, 0.3) is 10.8 Å². The lowest BCUT2D eigenvalue weighted by atomic mass is 10.0. The standard InChI is InChI=1S/C14H14NOPS/c1-17(2,18)16-14(10-15)13-8-7-11-5-3-4-6-12(11)9-13/h3-9,14H,1-2H3. The molecule has 0 spiro atoms. The van der Waals surface area contributed by atoms with Crippen LogP contribution in [0.2, 0.25) is 0 Å². The van der Waals surface area contributed by atoms with Gasteiger partial charge in [-0.05, 0) is 35.7 Å². The number of nitrogens with zero attached hydrogens (tertiary/aromatic N) is 1. The van der Waals surface area contributed by atoms with Gasteiger partial charge in [-0.3, -0.25) is 0 Å². The SMILES string of the molecule is CP(C)(=S)OC(C#N)c1ccc2ccccc2c1. The van der Waals surface area contributed by atoms with Crippen molar-refractivity contribution in [1.82, 2.24) is 0 Å². The number of hydrogen-bond acceptors (Lipinski definition) is 3. The molecule has 0 aliphatic carbocycles. The van der Waals surface area contributed by atoms with E-state index in [4.69, 9.17) is 16.3 Å². The smallest absolute Gasteiger partial charge is 0.174 e. The van der Waals surface area contributed by atoms with E-state index < -0.39 is 12.4 Å². The lowest BCUT2D eigenvalue weighted by molar-refractivity contribution is 0.296. The minimum absolute atomic E-state index is 0.574. The van der Waals surface area contributed by atoms with Crippen molar-refractivity contribution in [2.24, 2.45) is 0 Å². The maximum atomic E-state index is 9.21. The fraction of sp³-hybridized carbons (Fsp3) is 0.214. The second kappa shape index (κ2) is 5.20.